The van der Waals surface area contributed by atoms with Gasteiger partial charge in [0.25, 0.3) is 0 Å². The van der Waals surface area contributed by atoms with Gasteiger partial charge in [0.1, 0.15) is 0 Å². The van der Waals surface area contributed by atoms with Gasteiger partial charge in [-0.15, -0.1) is 0 Å². The topological polar surface area (TPSA) is 50.3 Å². The van der Waals surface area contributed by atoms with Crippen LogP contribution in [0.5, 0.6) is 5.88 Å². The Balaban J connectivity index is 1.68. The van der Waals surface area contributed by atoms with Gasteiger partial charge in [-0.1, -0.05) is 13.3 Å². The molecule has 21 heavy (non-hydrogen) atoms. The maximum absolute atomic E-state index is 5.51. The highest BCUT2D eigenvalue weighted by Gasteiger charge is 2.16. The highest BCUT2D eigenvalue weighted by atomic mass is 16.5. The van der Waals surface area contributed by atoms with E-state index in [9.17, 15) is 0 Å². The molecule has 1 aromatic heterocycles. The van der Waals surface area contributed by atoms with Gasteiger partial charge in [0.05, 0.1) is 6.61 Å². The summed E-state index contributed by atoms with van der Waals surface area (Å²) in [5, 5.41) is 3.29. The largest absolute Gasteiger partial charge is 0.478 e. The third-order valence-electron chi connectivity index (χ3n) is 3.93. The normalized spacial score (nSPS) is 19.4. The summed E-state index contributed by atoms with van der Waals surface area (Å²) in [5.41, 5.74) is 0. The van der Waals surface area contributed by atoms with Crippen molar-refractivity contribution in [1.82, 2.24) is 14.9 Å². The third-order valence-corrected chi connectivity index (χ3v) is 3.93. The number of hydrogen-bond acceptors (Lipinski definition) is 5. The Morgan fingerprint density at radius 1 is 1.43 bits per heavy atom. The minimum atomic E-state index is 0.652. The molecule has 1 aromatic rings. The van der Waals surface area contributed by atoms with Crippen molar-refractivity contribution < 1.29 is 4.74 Å². The van der Waals surface area contributed by atoms with E-state index in [2.05, 4.69) is 34.0 Å². The highest BCUT2D eigenvalue weighted by Crippen LogP contribution is 2.16. The molecule has 1 fully saturated rings. The van der Waals surface area contributed by atoms with Crippen molar-refractivity contribution in [3.63, 3.8) is 0 Å². The highest BCUT2D eigenvalue weighted by molar-refractivity contribution is 5.27. The molecule has 5 heteroatoms. The first-order valence-corrected chi connectivity index (χ1v) is 8.23. The first-order chi connectivity index (χ1) is 10.3. The molecule has 0 saturated carbocycles. The fourth-order valence-corrected chi connectivity index (χ4v) is 2.69. The van der Waals surface area contributed by atoms with Gasteiger partial charge in [-0.3, -0.25) is 0 Å². The number of nitrogens with zero attached hydrogens (tertiary/aromatic N) is 3. The Morgan fingerprint density at radius 3 is 3.14 bits per heavy atom. The number of nitrogens with one attached hydrogen (secondary N) is 1. The lowest BCUT2D eigenvalue weighted by Crippen LogP contribution is -2.38. The minimum Gasteiger partial charge on any atom is -0.478 e. The molecule has 1 saturated heterocycles. The molecule has 0 amide bonds. The van der Waals surface area contributed by atoms with Crippen LogP contribution in [0.25, 0.3) is 0 Å². The van der Waals surface area contributed by atoms with E-state index in [4.69, 9.17) is 4.74 Å². The number of hydrogen-bond donors (Lipinski definition) is 1. The fourth-order valence-electron chi connectivity index (χ4n) is 2.69. The predicted molar refractivity (Wildman–Crippen MR) is 85.8 cm³/mol. The van der Waals surface area contributed by atoms with E-state index in [0.717, 1.165) is 32.0 Å². The number of rotatable bonds is 8. The van der Waals surface area contributed by atoms with Crippen LogP contribution in [-0.4, -0.2) is 47.2 Å². The van der Waals surface area contributed by atoms with E-state index < -0.39 is 0 Å². The van der Waals surface area contributed by atoms with Crippen LogP contribution in [-0.2, 0) is 0 Å². The van der Waals surface area contributed by atoms with Gasteiger partial charge in [-0.2, -0.15) is 4.98 Å². The molecule has 0 radical (unpaired) electrons. The Morgan fingerprint density at radius 2 is 2.33 bits per heavy atom. The molecule has 118 valence electrons. The first kappa shape index (κ1) is 16.0. The van der Waals surface area contributed by atoms with Gasteiger partial charge in [0.2, 0.25) is 11.8 Å². The number of likely N-dealkylation sites (tertiary alicyclic amines) is 1. The lowest BCUT2D eigenvalue weighted by Gasteiger charge is -2.33. The standard InChI is InChI=1S/C16H28N4O/c1-3-13-21-15-8-10-18-16(19-15)17-9-6-12-20-11-5-4-7-14(20)2/h8,10,14H,3-7,9,11-13H2,1-2H3,(H,17,18,19). The van der Waals surface area contributed by atoms with Crippen molar-refractivity contribution in [2.45, 2.75) is 52.0 Å². The second-order valence-electron chi connectivity index (χ2n) is 5.73. The van der Waals surface area contributed by atoms with E-state index >= 15 is 0 Å². The Hall–Kier alpha value is -1.36. The summed E-state index contributed by atoms with van der Waals surface area (Å²) in [7, 11) is 0. The van der Waals surface area contributed by atoms with Crippen LogP contribution in [0.1, 0.15) is 46.0 Å². The zero-order valence-corrected chi connectivity index (χ0v) is 13.3. The molecule has 1 aliphatic rings. The monoisotopic (exact) mass is 292 g/mol. The van der Waals surface area contributed by atoms with Crippen LogP contribution in [0.15, 0.2) is 12.3 Å². The van der Waals surface area contributed by atoms with Crippen LogP contribution in [0.3, 0.4) is 0 Å². The van der Waals surface area contributed by atoms with Crippen LogP contribution in [0, 0.1) is 0 Å². The molecular weight excluding hydrogens is 264 g/mol. The smallest absolute Gasteiger partial charge is 0.225 e. The average Bonchev–Trinajstić information content (AvgIpc) is 2.51. The predicted octanol–water partition coefficient (Wildman–Crippen LogP) is 2.94. The molecule has 1 aliphatic heterocycles. The van der Waals surface area contributed by atoms with Crippen LogP contribution in [0.2, 0.25) is 0 Å². The zero-order chi connectivity index (χ0) is 14.9. The Labute approximate surface area is 128 Å². The number of aromatic nitrogens is 2. The third kappa shape index (κ3) is 5.50. The van der Waals surface area contributed by atoms with Crippen molar-refractivity contribution in [2.75, 3.05) is 31.6 Å². The summed E-state index contributed by atoms with van der Waals surface area (Å²) < 4.78 is 5.51. The van der Waals surface area contributed by atoms with Crippen LogP contribution < -0.4 is 10.1 Å². The lowest BCUT2D eigenvalue weighted by molar-refractivity contribution is 0.160. The van der Waals surface area contributed by atoms with E-state index in [-0.39, 0.29) is 0 Å². The fraction of sp³-hybridized carbons (Fsp3) is 0.750. The molecule has 1 N–H and O–H groups in total. The second-order valence-corrected chi connectivity index (χ2v) is 5.73. The SMILES string of the molecule is CCCOc1ccnc(NCCCN2CCCCC2C)n1. The van der Waals surface area contributed by atoms with E-state index in [1.165, 1.54) is 25.8 Å². The molecule has 0 aromatic carbocycles. The summed E-state index contributed by atoms with van der Waals surface area (Å²) in [4.78, 5) is 11.2. The second kappa shape index (κ2) is 8.82. The summed E-state index contributed by atoms with van der Waals surface area (Å²) >= 11 is 0. The molecule has 2 rings (SSSR count). The van der Waals surface area contributed by atoms with Crippen molar-refractivity contribution in [3.8, 4) is 5.88 Å². The quantitative estimate of drug-likeness (QED) is 0.747. The number of anilines is 1. The molecule has 0 aliphatic carbocycles. The van der Waals surface area contributed by atoms with Gasteiger partial charge in [-0.25, -0.2) is 4.98 Å². The van der Waals surface area contributed by atoms with Gasteiger partial charge in [0.15, 0.2) is 0 Å². The summed E-state index contributed by atoms with van der Waals surface area (Å²) in [6.07, 6.45) is 7.92. The first-order valence-electron chi connectivity index (χ1n) is 8.23. The van der Waals surface area contributed by atoms with Crippen molar-refractivity contribution in [3.05, 3.63) is 12.3 Å². The maximum Gasteiger partial charge on any atom is 0.225 e. The van der Waals surface area contributed by atoms with Crippen LogP contribution >= 0.6 is 0 Å². The Bertz CT molecular complexity index is 413. The molecular formula is C16H28N4O. The van der Waals surface area contributed by atoms with Crippen LogP contribution in [0.4, 0.5) is 5.95 Å². The number of ether oxygens (including phenoxy) is 1. The minimum absolute atomic E-state index is 0.652. The summed E-state index contributed by atoms with van der Waals surface area (Å²) in [6.45, 7) is 8.42. The van der Waals surface area contributed by atoms with Crippen molar-refractivity contribution in [1.29, 1.82) is 0 Å². The van der Waals surface area contributed by atoms with E-state index in [1.54, 1.807) is 12.3 Å². The Kier molecular flexibility index (Phi) is 6.73. The average molecular weight is 292 g/mol. The van der Waals surface area contributed by atoms with Gasteiger partial charge < -0.3 is 15.0 Å². The number of piperidine rings is 1. The molecule has 5 nitrogen and oxygen atoms in total. The zero-order valence-electron chi connectivity index (χ0n) is 13.3. The van der Waals surface area contributed by atoms with Gasteiger partial charge in [-0.05, 0) is 39.2 Å². The van der Waals surface area contributed by atoms with Crippen molar-refractivity contribution in [2.24, 2.45) is 0 Å². The lowest BCUT2D eigenvalue weighted by atomic mass is 10.0. The molecule has 2 heterocycles. The maximum atomic E-state index is 5.51. The van der Waals surface area contributed by atoms with Crippen molar-refractivity contribution >= 4 is 5.95 Å². The van der Waals surface area contributed by atoms with E-state index in [0.29, 0.717) is 18.4 Å². The van der Waals surface area contributed by atoms with E-state index in [1.807, 2.05) is 0 Å². The summed E-state index contributed by atoms with van der Waals surface area (Å²) in [5.74, 6) is 1.31. The van der Waals surface area contributed by atoms with Gasteiger partial charge >= 0.3 is 0 Å². The summed E-state index contributed by atoms with van der Waals surface area (Å²) in [6, 6.07) is 2.54. The molecule has 0 bridgehead atoms. The molecule has 0 spiro atoms. The molecule has 1 unspecified atom stereocenters. The van der Waals surface area contributed by atoms with Gasteiger partial charge in [0, 0.05) is 31.4 Å². The molecule has 1 atom stereocenters.